The first-order valence-electron chi connectivity index (χ1n) is 4.66. The molecule has 73 valence electrons. The molecule has 0 aromatic carbocycles. The Morgan fingerprint density at radius 1 is 1.38 bits per heavy atom. The molecule has 13 heavy (non-hydrogen) atoms. The first-order valence-corrected chi connectivity index (χ1v) is 4.66. The van der Waals surface area contributed by atoms with Crippen molar-refractivity contribution in [1.82, 2.24) is 9.55 Å². The maximum atomic E-state index is 4.98. The maximum Gasteiger partial charge on any atom is 0.176 e. The van der Waals surface area contributed by atoms with Crippen LogP contribution in [-0.2, 0) is 11.3 Å². The zero-order chi connectivity index (χ0) is 9.68. The molecule has 0 N–H and O–H groups in total. The average molecular weight is 181 g/mol. The SMILES string of the molecule is COCCCCn1[c]nc(C)c1C. The molecule has 0 aliphatic carbocycles. The van der Waals surface area contributed by atoms with Crippen molar-refractivity contribution in [3.63, 3.8) is 0 Å². The molecule has 0 saturated carbocycles. The highest BCUT2D eigenvalue weighted by Gasteiger charge is 2.01. The Morgan fingerprint density at radius 3 is 2.69 bits per heavy atom. The van der Waals surface area contributed by atoms with Crippen molar-refractivity contribution in [3.8, 4) is 0 Å². The number of aromatic nitrogens is 2. The molecule has 0 bridgehead atoms. The van der Waals surface area contributed by atoms with E-state index in [9.17, 15) is 0 Å². The third-order valence-electron chi connectivity index (χ3n) is 2.25. The van der Waals surface area contributed by atoms with Gasteiger partial charge in [0.05, 0.1) is 5.69 Å². The zero-order valence-corrected chi connectivity index (χ0v) is 8.63. The van der Waals surface area contributed by atoms with Crippen LogP contribution in [0.2, 0.25) is 0 Å². The van der Waals surface area contributed by atoms with E-state index in [1.54, 1.807) is 7.11 Å². The fraction of sp³-hybridized carbons (Fsp3) is 0.700. The normalized spacial score (nSPS) is 10.7. The van der Waals surface area contributed by atoms with Crippen molar-refractivity contribution in [3.05, 3.63) is 17.7 Å². The van der Waals surface area contributed by atoms with Crippen LogP contribution in [0.25, 0.3) is 0 Å². The molecule has 0 amide bonds. The summed E-state index contributed by atoms with van der Waals surface area (Å²) in [6, 6.07) is 0. The highest BCUT2D eigenvalue weighted by atomic mass is 16.5. The van der Waals surface area contributed by atoms with Gasteiger partial charge < -0.3 is 9.30 Å². The number of imidazole rings is 1. The quantitative estimate of drug-likeness (QED) is 0.647. The molecule has 3 heteroatoms. The summed E-state index contributed by atoms with van der Waals surface area (Å²) >= 11 is 0. The van der Waals surface area contributed by atoms with E-state index >= 15 is 0 Å². The van der Waals surface area contributed by atoms with Crippen molar-refractivity contribution in [2.24, 2.45) is 0 Å². The monoisotopic (exact) mass is 181 g/mol. The van der Waals surface area contributed by atoms with Gasteiger partial charge in [-0.25, -0.2) is 4.98 Å². The van der Waals surface area contributed by atoms with E-state index in [1.165, 1.54) is 5.69 Å². The van der Waals surface area contributed by atoms with Crippen molar-refractivity contribution >= 4 is 0 Å². The summed E-state index contributed by atoms with van der Waals surface area (Å²) in [5, 5.41) is 0. The van der Waals surface area contributed by atoms with Gasteiger partial charge in [0, 0.05) is 26.0 Å². The number of methoxy groups -OCH3 is 1. The van der Waals surface area contributed by atoms with Crippen LogP contribution in [0.1, 0.15) is 24.2 Å². The summed E-state index contributed by atoms with van der Waals surface area (Å²) in [5.74, 6) is 0. The highest BCUT2D eigenvalue weighted by Crippen LogP contribution is 2.05. The number of hydrogen-bond acceptors (Lipinski definition) is 2. The van der Waals surface area contributed by atoms with Gasteiger partial charge in [-0.3, -0.25) is 0 Å². The molecule has 1 aromatic rings. The second kappa shape index (κ2) is 5.02. The van der Waals surface area contributed by atoms with Gasteiger partial charge in [-0.1, -0.05) is 0 Å². The van der Waals surface area contributed by atoms with Gasteiger partial charge in [0.2, 0.25) is 0 Å². The van der Waals surface area contributed by atoms with Gasteiger partial charge in [-0.05, 0) is 26.7 Å². The number of rotatable bonds is 5. The summed E-state index contributed by atoms with van der Waals surface area (Å²) in [4.78, 5) is 4.12. The lowest BCUT2D eigenvalue weighted by Crippen LogP contribution is -2.00. The smallest absolute Gasteiger partial charge is 0.176 e. The van der Waals surface area contributed by atoms with Gasteiger partial charge in [0.25, 0.3) is 0 Å². The van der Waals surface area contributed by atoms with E-state index in [-0.39, 0.29) is 0 Å². The first kappa shape index (κ1) is 10.3. The van der Waals surface area contributed by atoms with E-state index in [1.807, 2.05) is 6.92 Å². The summed E-state index contributed by atoms with van der Waals surface area (Å²) in [5.41, 5.74) is 2.30. The van der Waals surface area contributed by atoms with Gasteiger partial charge in [0.1, 0.15) is 0 Å². The number of aryl methyl sites for hydroxylation is 2. The number of ether oxygens (including phenoxy) is 1. The molecule has 1 rings (SSSR count). The van der Waals surface area contributed by atoms with Crippen molar-refractivity contribution in [1.29, 1.82) is 0 Å². The second-order valence-electron chi connectivity index (χ2n) is 3.23. The van der Waals surface area contributed by atoms with Crippen LogP contribution in [0.3, 0.4) is 0 Å². The predicted octanol–water partition coefficient (Wildman–Crippen LogP) is 1.73. The zero-order valence-electron chi connectivity index (χ0n) is 8.63. The molecule has 0 fully saturated rings. The van der Waals surface area contributed by atoms with E-state index in [0.717, 1.165) is 31.7 Å². The van der Waals surface area contributed by atoms with Gasteiger partial charge in [-0.2, -0.15) is 0 Å². The lowest BCUT2D eigenvalue weighted by atomic mass is 10.3. The third kappa shape index (κ3) is 2.84. The van der Waals surface area contributed by atoms with Crippen LogP contribution in [0.4, 0.5) is 0 Å². The maximum absolute atomic E-state index is 4.98. The Bertz CT molecular complexity index is 255. The molecular weight excluding hydrogens is 164 g/mol. The van der Waals surface area contributed by atoms with Crippen molar-refractivity contribution in [2.75, 3.05) is 13.7 Å². The third-order valence-corrected chi connectivity index (χ3v) is 2.25. The lowest BCUT2D eigenvalue weighted by Gasteiger charge is -2.03. The molecule has 3 nitrogen and oxygen atoms in total. The molecule has 1 radical (unpaired) electrons. The van der Waals surface area contributed by atoms with Crippen LogP contribution in [0.15, 0.2) is 0 Å². The molecule has 1 aromatic heterocycles. The first-order chi connectivity index (χ1) is 6.25. The molecule has 0 aliphatic rings. The Balaban J connectivity index is 2.32. The Kier molecular flexibility index (Phi) is 3.96. The van der Waals surface area contributed by atoms with Gasteiger partial charge >= 0.3 is 0 Å². The number of unbranched alkanes of at least 4 members (excludes halogenated alkanes) is 1. The van der Waals surface area contributed by atoms with Crippen molar-refractivity contribution < 1.29 is 4.74 Å². The minimum Gasteiger partial charge on any atom is -0.385 e. The number of nitrogens with zero attached hydrogens (tertiary/aromatic N) is 2. The fourth-order valence-corrected chi connectivity index (χ4v) is 1.22. The van der Waals surface area contributed by atoms with Crippen LogP contribution in [-0.4, -0.2) is 23.3 Å². The van der Waals surface area contributed by atoms with Crippen LogP contribution >= 0.6 is 0 Å². The summed E-state index contributed by atoms with van der Waals surface area (Å²) < 4.78 is 7.05. The molecule has 0 spiro atoms. The molecule has 0 saturated heterocycles. The minimum atomic E-state index is 0.840. The second-order valence-corrected chi connectivity index (χ2v) is 3.23. The van der Waals surface area contributed by atoms with E-state index < -0.39 is 0 Å². The molecule has 0 aliphatic heterocycles. The van der Waals surface area contributed by atoms with Crippen LogP contribution < -0.4 is 0 Å². The standard InChI is InChI=1S/C10H17N2O/c1-9-10(2)12(8-11-9)6-4-5-7-13-3/h4-7H2,1-3H3. The Labute approximate surface area is 79.7 Å². The summed E-state index contributed by atoms with van der Waals surface area (Å²) in [6.45, 7) is 5.93. The predicted molar refractivity (Wildman–Crippen MR) is 51.6 cm³/mol. The average Bonchev–Trinajstić information content (AvgIpc) is 2.43. The Morgan fingerprint density at radius 2 is 2.15 bits per heavy atom. The molecule has 0 atom stereocenters. The van der Waals surface area contributed by atoms with E-state index in [2.05, 4.69) is 22.8 Å². The largest absolute Gasteiger partial charge is 0.385 e. The van der Waals surface area contributed by atoms with E-state index in [4.69, 9.17) is 4.74 Å². The minimum absolute atomic E-state index is 0.840. The molecular formula is C10H17N2O. The van der Waals surface area contributed by atoms with Crippen LogP contribution in [0, 0.1) is 20.2 Å². The molecule has 1 heterocycles. The van der Waals surface area contributed by atoms with Crippen LogP contribution in [0.5, 0.6) is 0 Å². The van der Waals surface area contributed by atoms with Gasteiger partial charge in [-0.15, -0.1) is 0 Å². The Hall–Kier alpha value is -0.830. The van der Waals surface area contributed by atoms with Gasteiger partial charge in [0.15, 0.2) is 6.33 Å². The summed E-state index contributed by atoms with van der Waals surface area (Å²) in [7, 11) is 1.73. The highest BCUT2D eigenvalue weighted by molar-refractivity contribution is 5.07. The summed E-state index contributed by atoms with van der Waals surface area (Å²) in [6.07, 6.45) is 5.20. The topological polar surface area (TPSA) is 27.1 Å². The molecule has 0 unspecified atom stereocenters. The number of hydrogen-bond donors (Lipinski definition) is 0. The lowest BCUT2D eigenvalue weighted by molar-refractivity contribution is 0.191. The fourth-order valence-electron chi connectivity index (χ4n) is 1.22. The van der Waals surface area contributed by atoms with E-state index in [0.29, 0.717) is 0 Å². The van der Waals surface area contributed by atoms with Crippen molar-refractivity contribution in [2.45, 2.75) is 33.2 Å².